The number of furan rings is 1. The molecule has 4 rings (SSSR count). The number of halogens is 1. The summed E-state index contributed by atoms with van der Waals surface area (Å²) in [7, 11) is 0. The quantitative estimate of drug-likeness (QED) is 0.867. The molecule has 2 aromatic rings. The average Bonchev–Trinajstić information content (AvgIpc) is 3.20. The van der Waals surface area contributed by atoms with Gasteiger partial charge in [-0.25, -0.2) is 9.37 Å². The second kappa shape index (κ2) is 6.29. The summed E-state index contributed by atoms with van der Waals surface area (Å²) in [6.45, 7) is 2.38. The van der Waals surface area contributed by atoms with Gasteiger partial charge in [0.25, 0.3) is 5.88 Å². The molecular weight excluding hydrogens is 299 g/mol. The van der Waals surface area contributed by atoms with E-state index in [0.717, 1.165) is 31.5 Å². The summed E-state index contributed by atoms with van der Waals surface area (Å²) >= 11 is 0. The van der Waals surface area contributed by atoms with E-state index in [1.807, 2.05) is 6.07 Å². The van der Waals surface area contributed by atoms with Crippen molar-refractivity contribution in [1.82, 2.24) is 9.88 Å². The molecule has 1 saturated heterocycles. The second-order valence-corrected chi connectivity index (χ2v) is 6.03. The highest BCUT2D eigenvalue weighted by Crippen LogP contribution is 2.33. The van der Waals surface area contributed by atoms with Crippen molar-refractivity contribution in [3.05, 3.63) is 48.3 Å². The first-order valence-electron chi connectivity index (χ1n) is 7.95. The Balaban J connectivity index is 1.46. The number of hydrogen-bond acceptors (Lipinski definition) is 5. The SMILES string of the molecule is Fc1cccnc1O[C@H]1CC[C@H]2[C@H]1OCCN2Cc1ccoc1. The minimum atomic E-state index is -0.429. The predicted molar refractivity (Wildman–Crippen MR) is 80.5 cm³/mol. The van der Waals surface area contributed by atoms with Crippen molar-refractivity contribution in [3.8, 4) is 5.88 Å². The number of ether oxygens (including phenoxy) is 2. The number of fused-ring (bicyclic) bond motifs is 1. The Morgan fingerprint density at radius 3 is 3.13 bits per heavy atom. The molecule has 23 heavy (non-hydrogen) atoms. The van der Waals surface area contributed by atoms with Crippen molar-refractivity contribution in [2.24, 2.45) is 0 Å². The molecule has 3 heterocycles. The van der Waals surface area contributed by atoms with Gasteiger partial charge < -0.3 is 13.9 Å². The van der Waals surface area contributed by atoms with Gasteiger partial charge in [-0.05, 0) is 31.0 Å². The van der Waals surface area contributed by atoms with Gasteiger partial charge in [-0.2, -0.15) is 0 Å². The molecule has 2 fully saturated rings. The minimum absolute atomic E-state index is 0.0444. The zero-order valence-corrected chi connectivity index (χ0v) is 12.7. The maximum absolute atomic E-state index is 13.7. The predicted octanol–water partition coefficient (Wildman–Crippen LogP) is 2.62. The molecule has 6 heteroatoms. The van der Waals surface area contributed by atoms with Crippen molar-refractivity contribution in [2.75, 3.05) is 13.2 Å². The second-order valence-electron chi connectivity index (χ2n) is 6.03. The van der Waals surface area contributed by atoms with E-state index in [1.54, 1.807) is 18.6 Å². The first kappa shape index (κ1) is 14.7. The van der Waals surface area contributed by atoms with Crippen LogP contribution in [-0.4, -0.2) is 41.3 Å². The van der Waals surface area contributed by atoms with Crippen LogP contribution in [0.2, 0.25) is 0 Å². The average molecular weight is 318 g/mol. The van der Waals surface area contributed by atoms with Crippen LogP contribution in [0.1, 0.15) is 18.4 Å². The van der Waals surface area contributed by atoms with Crippen LogP contribution in [0.25, 0.3) is 0 Å². The van der Waals surface area contributed by atoms with Crippen LogP contribution in [0.3, 0.4) is 0 Å². The Kier molecular flexibility index (Phi) is 4.01. The van der Waals surface area contributed by atoms with Gasteiger partial charge in [0, 0.05) is 30.9 Å². The summed E-state index contributed by atoms with van der Waals surface area (Å²) in [6.07, 6.45) is 6.62. The van der Waals surface area contributed by atoms with E-state index < -0.39 is 5.82 Å². The van der Waals surface area contributed by atoms with Crippen molar-refractivity contribution >= 4 is 0 Å². The lowest BCUT2D eigenvalue weighted by Crippen LogP contribution is -2.51. The summed E-state index contributed by atoms with van der Waals surface area (Å²) in [5.41, 5.74) is 1.16. The third-order valence-electron chi connectivity index (χ3n) is 4.60. The maximum atomic E-state index is 13.7. The van der Waals surface area contributed by atoms with Crippen LogP contribution in [0.15, 0.2) is 41.3 Å². The molecule has 1 aliphatic carbocycles. The fourth-order valence-electron chi connectivity index (χ4n) is 3.53. The van der Waals surface area contributed by atoms with Gasteiger partial charge in [-0.3, -0.25) is 4.90 Å². The molecule has 1 saturated carbocycles. The lowest BCUT2D eigenvalue weighted by Gasteiger charge is -2.38. The van der Waals surface area contributed by atoms with E-state index in [0.29, 0.717) is 6.61 Å². The number of rotatable bonds is 4. The summed E-state index contributed by atoms with van der Waals surface area (Å²) in [6, 6.07) is 5.19. The lowest BCUT2D eigenvalue weighted by molar-refractivity contribution is -0.0927. The van der Waals surface area contributed by atoms with E-state index >= 15 is 0 Å². The van der Waals surface area contributed by atoms with Crippen LogP contribution in [0.5, 0.6) is 5.88 Å². The Bertz CT molecular complexity index is 649. The summed E-state index contributed by atoms with van der Waals surface area (Å²) in [5, 5.41) is 0. The van der Waals surface area contributed by atoms with Crippen LogP contribution < -0.4 is 4.74 Å². The smallest absolute Gasteiger partial charge is 0.250 e. The summed E-state index contributed by atoms with van der Waals surface area (Å²) in [4.78, 5) is 6.38. The summed E-state index contributed by atoms with van der Waals surface area (Å²) in [5.74, 6) is -0.365. The molecule has 5 nitrogen and oxygen atoms in total. The van der Waals surface area contributed by atoms with Gasteiger partial charge in [0.1, 0.15) is 12.2 Å². The fourth-order valence-corrected chi connectivity index (χ4v) is 3.53. The number of morpholine rings is 1. The topological polar surface area (TPSA) is 47.7 Å². The molecule has 3 atom stereocenters. The van der Waals surface area contributed by atoms with Crippen LogP contribution >= 0.6 is 0 Å². The van der Waals surface area contributed by atoms with Gasteiger partial charge in [0.2, 0.25) is 0 Å². The molecule has 2 aromatic heterocycles. The van der Waals surface area contributed by atoms with Crippen molar-refractivity contribution in [2.45, 2.75) is 37.6 Å². The first-order chi connectivity index (χ1) is 11.3. The molecule has 0 amide bonds. The third-order valence-corrected chi connectivity index (χ3v) is 4.60. The van der Waals surface area contributed by atoms with E-state index in [1.165, 1.54) is 12.3 Å². The fraction of sp³-hybridized carbons (Fsp3) is 0.471. The number of aromatic nitrogens is 1. The molecule has 122 valence electrons. The van der Waals surface area contributed by atoms with E-state index in [-0.39, 0.29) is 24.1 Å². The number of pyridine rings is 1. The molecule has 2 aliphatic rings. The normalized spacial score (nSPS) is 27.8. The monoisotopic (exact) mass is 318 g/mol. The van der Waals surface area contributed by atoms with Gasteiger partial charge in [-0.1, -0.05) is 0 Å². The minimum Gasteiger partial charge on any atom is -0.472 e. The first-order valence-corrected chi connectivity index (χ1v) is 7.95. The van der Waals surface area contributed by atoms with Gasteiger partial charge >= 0.3 is 0 Å². The highest BCUT2D eigenvalue weighted by molar-refractivity contribution is 5.14. The van der Waals surface area contributed by atoms with E-state index in [4.69, 9.17) is 13.9 Å². The van der Waals surface area contributed by atoms with Crippen molar-refractivity contribution in [3.63, 3.8) is 0 Å². The largest absolute Gasteiger partial charge is 0.472 e. The standard InChI is InChI=1S/C17H19FN2O3/c18-13-2-1-6-19-17(13)23-15-4-3-14-16(15)22-9-7-20(14)10-12-5-8-21-11-12/h1-2,5-6,8,11,14-16H,3-4,7,9-10H2/t14-,15-,16+/m0/s1. The number of hydrogen-bond donors (Lipinski definition) is 0. The molecule has 0 aromatic carbocycles. The molecule has 0 bridgehead atoms. The van der Waals surface area contributed by atoms with Gasteiger partial charge in [-0.15, -0.1) is 0 Å². The van der Waals surface area contributed by atoms with Gasteiger partial charge in [0.05, 0.1) is 19.1 Å². The lowest BCUT2D eigenvalue weighted by atomic mass is 10.1. The highest BCUT2D eigenvalue weighted by Gasteiger charge is 2.44. The Morgan fingerprint density at radius 1 is 1.35 bits per heavy atom. The third kappa shape index (κ3) is 2.96. The molecular formula is C17H19FN2O3. The zero-order chi connectivity index (χ0) is 15.6. The molecule has 0 unspecified atom stereocenters. The molecule has 0 radical (unpaired) electrons. The maximum Gasteiger partial charge on any atom is 0.250 e. The zero-order valence-electron chi connectivity index (χ0n) is 12.7. The van der Waals surface area contributed by atoms with Crippen molar-refractivity contribution in [1.29, 1.82) is 0 Å². The Morgan fingerprint density at radius 2 is 2.30 bits per heavy atom. The molecule has 0 spiro atoms. The number of nitrogens with zero attached hydrogens (tertiary/aromatic N) is 2. The molecule has 0 N–H and O–H groups in total. The van der Waals surface area contributed by atoms with Crippen LogP contribution in [0.4, 0.5) is 4.39 Å². The van der Waals surface area contributed by atoms with Crippen LogP contribution in [-0.2, 0) is 11.3 Å². The summed E-state index contributed by atoms with van der Waals surface area (Å²) < 4.78 is 30.6. The van der Waals surface area contributed by atoms with E-state index in [2.05, 4.69) is 9.88 Å². The Hall–Kier alpha value is -1.92. The van der Waals surface area contributed by atoms with Gasteiger partial charge in [0.15, 0.2) is 5.82 Å². The Labute approximate surface area is 134 Å². The molecule has 1 aliphatic heterocycles. The highest BCUT2D eigenvalue weighted by atomic mass is 19.1. The van der Waals surface area contributed by atoms with Crippen molar-refractivity contribution < 1.29 is 18.3 Å². The van der Waals surface area contributed by atoms with E-state index in [9.17, 15) is 4.39 Å². The van der Waals surface area contributed by atoms with Crippen LogP contribution in [0, 0.1) is 5.82 Å².